The van der Waals surface area contributed by atoms with Crippen molar-refractivity contribution in [1.29, 1.82) is 0 Å². The van der Waals surface area contributed by atoms with Crippen molar-refractivity contribution < 1.29 is 31.1 Å². The monoisotopic (exact) mass is 487 g/mol. The van der Waals surface area contributed by atoms with Crippen molar-refractivity contribution in [2.75, 3.05) is 13.7 Å². The molecule has 0 aliphatic carbocycles. The van der Waals surface area contributed by atoms with Gasteiger partial charge in [0.15, 0.2) is 28.3 Å². The largest absolute Gasteiger partial charge is 0.466 e. The van der Waals surface area contributed by atoms with E-state index in [-0.39, 0.29) is 35.6 Å². The van der Waals surface area contributed by atoms with Crippen LogP contribution in [0.25, 0.3) is 0 Å². The number of hydrogen-bond acceptors (Lipinski definition) is 8. The molecule has 1 fully saturated rings. The van der Waals surface area contributed by atoms with Gasteiger partial charge in [0.1, 0.15) is 6.04 Å². The third-order valence-corrected chi connectivity index (χ3v) is 6.41. The first kappa shape index (κ1) is 22.4. The lowest BCUT2D eigenvalue weighted by molar-refractivity contribution is -0.136. The lowest BCUT2D eigenvalue weighted by Gasteiger charge is -2.31. The van der Waals surface area contributed by atoms with Gasteiger partial charge in [-0.3, -0.25) is 4.99 Å². The van der Waals surface area contributed by atoms with E-state index >= 15 is 0 Å². The summed E-state index contributed by atoms with van der Waals surface area (Å²) in [6.45, 7) is 0.0532. The zero-order chi connectivity index (χ0) is 23.2. The number of halogens is 3. The highest BCUT2D eigenvalue weighted by Gasteiger charge is 2.43. The summed E-state index contributed by atoms with van der Waals surface area (Å²) in [6, 6.07) is -0.386. The molecule has 9 nitrogen and oxygen atoms in total. The van der Waals surface area contributed by atoms with E-state index in [0.29, 0.717) is 5.01 Å². The van der Waals surface area contributed by atoms with Gasteiger partial charge in [0.05, 0.1) is 12.7 Å². The lowest BCUT2D eigenvalue weighted by atomic mass is 9.94. The number of nitrogens with one attached hydrogen (secondary N) is 1. The van der Waals surface area contributed by atoms with Gasteiger partial charge in [0, 0.05) is 41.8 Å². The predicted molar refractivity (Wildman–Crippen MR) is 108 cm³/mol. The predicted octanol–water partition coefficient (Wildman–Crippen LogP) is 1.36. The van der Waals surface area contributed by atoms with Crippen LogP contribution in [0.15, 0.2) is 40.0 Å². The Balaban J connectivity index is 1.92. The van der Waals surface area contributed by atoms with Gasteiger partial charge < -0.3 is 9.64 Å². The van der Waals surface area contributed by atoms with Crippen LogP contribution in [0.4, 0.5) is 13.2 Å². The van der Waals surface area contributed by atoms with Crippen molar-refractivity contribution in [2.45, 2.75) is 18.5 Å². The highest BCUT2D eigenvalue weighted by Crippen LogP contribution is 2.41. The summed E-state index contributed by atoms with van der Waals surface area (Å²) in [5.74, 6) is -5.25. The normalized spacial score (nSPS) is 20.9. The summed E-state index contributed by atoms with van der Waals surface area (Å²) in [6.07, 6.45) is 1.50. The molecule has 2 aliphatic rings. The second-order valence-electron chi connectivity index (χ2n) is 6.98. The second-order valence-corrected chi connectivity index (χ2v) is 9.20. The Morgan fingerprint density at radius 1 is 1.31 bits per heavy atom. The number of nitrogens with zero attached hydrogens (tertiary/aromatic N) is 3. The van der Waals surface area contributed by atoms with Gasteiger partial charge >= 0.3 is 5.97 Å². The van der Waals surface area contributed by atoms with Gasteiger partial charge in [-0.15, -0.1) is 11.3 Å². The van der Waals surface area contributed by atoms with Crippen molar-refractivity contribution in [1.82, 2.24) is 14.6 Å². The summed E-state index contributed by atoms with van der Waals surface area (Å²) >= 11 is 1.20. The van der Waals surface area contributed by atoms with Gasteiger partial charge in [-0.1, -0.05) is 6.07 Å². The minimum Gasteiger partial charge on any atom is -0.466 e. The van der Waals surface area contributed by atoms with Crippen LogP contribution in [0.2, 0.25) is 0 Å². The maximum atomic E-state index is 14.7. The molecule has 0 bridgehead atoms. The van der Waals surface area contributed by atoms with Gasteiger partial charge in [0.25, 0.3) is 10.2 Å². The van der Waals surface area contributed by atoms with Gasteiger partial charge in [0.2, 0.25) is 0 Å². The maximum absolute atomic E-state index is 14.7. The van der Waals surface area contributed by atoms with E-state index < -0.39 is 45.7 Å². The molecule has 2 aromatic rings. The Bertz CT molecular complexity index is 1250. The number of aromatic nitrogens is 1. The number of esters is 1. The lowest BCUT2D eigenvalue weighted by Crippen LogP contribution is -2.42. The van der Waals surface area contributed by atoms with Crippen LogP contribution in [0.1, 0.15) is 23.0 Å². The Hall–Kier alpha value is -2.81. The fourth-order valence-corrected chi connectivity index (χ4v) is 5.02. The highest BCUT2D eigenvalue weighted by atomic mass is 32.2. The molecular weight excluding hydrogens is 471 g/mol. The van der Waals surface area contributed by atoms with Crippen molar-refractivity contribution in [3.05, 3.63) is 63.0 Å². The fourth-order valence-electron chi connectivity index (χ4n) is 3.75. The number of benzene rings is 1. The molecule has 0 radical (unpaired) electrons. The molecule has 2 atom stereocenters. The molecule has 1 saturated heterocycles. The molecule has 4 rings (SSSR count). The van der Waals surface area contributed by atoms with Gasteiger partial charge in [-0.2, -0.15) is 13.1 Å². The average Bonchev–Trinajstić information content (AvgIpc) is 3.39. The molecule has 0 saturated carbocycles. The Morgan fingerprint density at radius 3 is 2.69 bits per heavy atom. The summed E-state index contributed by atoms with van der Waals surface area (Å²) in [7, 11) is -2.96. The first-order valence-electron chi connectivity index (χ1n) is 9.10. The molecule has 3 N–H and O–H groups in total. The van der Waals surface area contributed by atoms with Crippen LogP contribution in [0.5, 0.6) is 0 Å². The number of hydrogen-bond donors (Lipinski definition) is 2. The standard InChI is InChI=1S/C18H16F3N5O4S2/c1-30-18(27)12-11-6-8(25-32(22,28)29)7-26(11)16(17-23-4-5-31-17)24-15(12)9-2-3-10(19)14(21)13(9)20/h2-5,8,15,25H,6-7H2,1H3,(H2,22,28,29)/t8-,15-/m0/s1. The Labute approximate surface area is 184 Å². The van der Waals surface area contributed by atoms with Crippen LogP contribution in [-0.4, -0.2) is 49.8 Å². The number of aliphatic imine (C=N–C) groups is 1. The molecule has 32 heavy (non-hydrogen) atoms. The van der Waals surface area contributed by atoms with E-state index in [1.807, 2.05) is 0 Å². The summed E-state index contributed by atoms with van der Waals surface area (Å²) < 4.78 is 72.4. The molecule has 1 aromatic carbocycles. The van der Waals surface area contributed by atoms with Crippen molar-refractivity contribution in [3.63, 3.8) is 0 Å². The number of carbonyl (C=O) groups is 1. The minimum absolute atomic E-state index is 0.00689. The van der Waals surface area contributed by atoms with E-state index in [4.69, 9.17) is 9.88 Å². The minimum atomic E-state index is -4.07. The zero-order valence-corrected chi connectivity index (χ0v) is 18.0. The third kappa shape index (κ3) is 4.01. The number of fused-ring (bicyclic) bond motifs is 1. The number of carbonyl (C=O) groups excluding carboxylic acids is 1. The van der Waals surface area contributed by atoms with Crippen LogP contribution < -0.4 is 9.86 Å². The van der Waals surface area contributed by atoms with Crippen LogP contribution in [0.3, 0.4) is 0 Å². The van der Waals surface area contributed by atoms with Crippen molar-refractivity contribution in [2.24, 2.45) is 10.1 Å². The molecule has 170 valence electrons. The van der Waals surface area contributed by atoms with Gasteiger partial charge in [-0.25, -0.2) is 28.1 Å². The van der Waals surface area contributed by atoms with E-state index in [1.54, 1.807) is 10.3 Å². The number of ether oxygens (including phenoxy) is 1. The smallest absolute Gasteiger partial charge is 0.338 e. The Kier molecular flexibility index (Phi) is 5.79. The molecule has 2 aliphatic heterocycles. The Morgan fingerprint density at radius 2 is 2.06 bits per heavy atom. The molecule has 1 aromatic heterocycles. The molecule has 0 spiro atoms. The molecule has 0 unspecified atom stereocenters. The summed E-state index contributed by atoms with van der Waals surface area (Å²) in [5.41, 5.74) is -0.225. The number of nitrogens with two attached hydrogens (primary N) is 1. The van der Waals surface area contributed by atoms with Crippen LogP contribution in [-0.2, 0) is 19.7 Å². The maximum Gasteiger partial charge on any atom is 0.338 e. The summed E-state index contributed by atoms with van der Waals surface area (Å²) in [5, 5.41) is 7.16. The number of rotatable bonds is 5. The zero-order valence-electron chi connectivity index (χ0n) is 16.4. The van der Waals surface area contributed by atoms with E-state index in [2.05, 4.69) is 14.7 Å². The van der Waals surface area contributed by atoms with E-state index in [9.17, 15) is 26.4 Å². The van der Waals surface area contributed by atoms with Crippen LogP contribution in [0, 0.1) is 17.5 Å². The summed E-state index contributed by atoms with van der Waals surface area (Å²) in [4.78, 5) is 22.9. The number of amidine groups is 1. The molecule has 3 heterocycles. The fraction of sp³-hybridized carbons (Fsp3) is 0.278. The van der Waals surface area contributed by atoms with E-state index in [0.717, 1.165) is 19.2 Å². The molecule has 14 heteroatoms. The average molecular weight is 487 g/mol. The van der Waals surface area contributed by atoms with Crippen molar-refractivity contribution in [3.8, 4) is 0 Å². The van der Waals surface area contributed by atoms with E-state index in [1.165, 1.54) is 17.5 Å². The number of methoxy groups -OCH3 is 1. The first-order valence-corrected chi connectivity index (χ1v) is 11.5. The SMILES string of the molecule is COC(=O)C1=C2C[C@H](NS(N)(=O)=O)CN2C(c2nccs2)=N[C@H]1c1ccc(F)c(F)c1F. The highest BCUT2D eigenvalue weighted by molar-refractivity contribution is 7.87. The third-order valence-electron chi connectivity index (χ3n) is 4.98. The molecule has 0 amide bonds. The van der Waals surface area contributed by atoms with Gasteiger partial charge in [-0.05, 0) is 6.07 Å². The first-order chi connectivity index (χ1) is 15.1. The van der Waals surface area contributed by atoms with Crippen molar-refractivity contribution >= 4 is 33.4 Å². The second kappa shape index (κ2) is 8.27. The number of thiazole rings is 1. The van der Waals surface area contributed by atoms with Crippen LogP contribution >= 0.6 is 11.3 Å². The quantitative estimate of drug-likeness (QED) is 0.484. The topological polar surface area (TPSA) is 127 Å². The molecular formula is C18H16F3N5O4S2.